The molecule has 2 aromatic rings. The van der Waals surface area contributed by atoms with Crippen molar-refractivity contribution in [3.63, 3.8) is 0 Å². The first-order chi connectivity index (χ1) is 23.2. The molecule has 0 saturated carbocycles. The monoisotopic (exact) mass is 691 g/mol. The summed E-state index contributed by atoms with van der Waals surface area (Å²) in [5, 5.41) is 13.0. The van der Waals surface area contributed by atoms with Crippen molar-refractivity contribution in [2.24, 2.45) is 5.92 Å². The molecule has 0 bridgehead atoms. The Bertz CT molecular complexity index is 1520. The number of methoxy groups -OCH3 is 1. The highest BCUT2D eigenvalue weighted by molar-refractivity contribution is 5.93. The van der Waals surface area contributed by atoms with Gasteiger partial charge in [0.1, 0.15) is 23.9 Å². The SMILES string of the molecule is COC(=O)[C@@H](NC(=O)N[C@@H](Cc1cccc(C(F)(F)F)c1)C(=O)N[C@H]1CCCCNC(=O)/C=C\[C@H](Cc2cccc(F)c2)NC1=O)C(C)C. The lowest BCUT2D eigenvalue weighted by molar-refractivity contribution is -0.144. The minimum absolute atomic E-state index is 0.0721. The van der Waals surface area contributed by atoms with Crippen LogP contribution in [0, 0.1) is 11.7 Å². The van der Waals surface area contributed by atoms with Gasteiger partial charge in [-0.1, -0.05) is 50.3 Å². The smallest absolute Gasteiger partial charge is 0.416 e. The molecule has 0 saturated heterocycles. The van der Waals surface area contributed by atoms with E-state index < -0.39 is 71.5 Å². The first-order valence-electron chi connectivity index (χ1n) is 15.8. The summed E-state index contributed by atoms with van der Waals surface area (Å²) in [4.78, 5) is 64.9. The van der Waals surface area contributed by atoms with E-state index in [1.54, 1.807) is 19.9 Å². The lowest BCUT2D eigenvalue weighted by atomic mass is 10.0. The lowest BCUT2D eigenvalue weighted by Crippen LogP contribution is -2.58. The molecule has 0 aromatic heterocycles. The van der Waals surface area contributed by atoms with Gasteiger partial charge in [-0.25, -0.2) is 14.0 Å². The van der Waals surface area contributed by atoms with Crippen LogP contribution in [0.1, 0.15) is 49.8 Å². The van der Waals surface area contributed by atoms with E-state index in [1.165, 1.54) is 42.5 Å². The molecule has 1 heterocycles. The van der Waals surface area contributed by atoms with Crippen molar-refractivity contribution >= 4 is 29.7 Å². The van der Waals surface area contributed by atoms with Gasteiger partial charge in [-0.05, 0) is 60.9 Å². The molecule has 0 aliphatic carbocycles. The minimum Gasteiger partial charge on any atom is -0.467 e. The molecule has 0 spiro atoms. The number of urea groups is 1. The van der Waals surface area contributed by atoms with Gasteiger partial charge in [-0.3, -0.25) is 14.4 Å². The van der Waals surface area contributed by atoms with E-state index in [9.17, 15) is 41.5 Å². The Labute approximate surface area is 281 Å². The fourth-order valence-electron chi connectivity index (χ4n) is 5.14. The molecule has 5 amide bonds. The van der Waals surface area contributed by atoms with Crippen LogP contribution in [0.3, 0.4) is 0 Å². The third-order valence-corrected chi connectivity index (χ3v) is 7.73. The van der Waals surface area contributed by atoms with Crippen LogP contribution in [-0.2, 0) is 42.9 Å². The van der Waals surface area contributed by atoms with Crippen LogP contribution < -0.4 is 26.6 Å². The fourth-order valence-corrected chi connectivity index (χ4v) is 5.14. The zero-order chi connectivity index (χ0) is 36.1. The van der Waals surface area contributed by atoms with E-state index in [-0.39, 0.29) is 37.3 Å². The number of carbonyl (C=O) groups excluding carboxylic acids is 5. The zero-order valence-corrected chi connectivity index (χ0v) is 27.4. The second kappa shape index (κ2) is 18.0. The van der Waals surface area contributed by atoms with Crippen LogP contribution in [0.4, 0.5) is 22.4 Å². The normalized spacial score (nSPS) is 19.2. The summed E-state index contributed by atoms with van der Waals surface area (Å²) in [6.45, 7) is 3.59. The van der Waals surface area contributed by atoms with E-state index >= 15 is 0 Å². The third kappa shape index (κ3) is 12.5. The molecular weight excluding hydrogens is 650 g/mol. The number of nitrogens with one attached hydrogen (secondary N) is 5. The molecular formula is C34H41F4N5O6. The Hall–Kier alpha value is -4.95. The van der Waals surface area contributed by atoms with Crippen molar-refractivity contribution in [1.29, 1.82) is 0 Å². The van der Waals surface area contributed by atoms with Crippen LogP contribution >= 0.6 is 0 Å². The van der Waals surface area contributed by atoms with Crippen molar-refractivity contribution < 1.29 is 46.3 Å². The number of hydrogen-bond donors (Lipinski definition) is 5. The summed E-state index contributed by atoms with van der Waals surface area (Å²) >= 11 is 0. The van der Waals surface area contributed by atoms with Gasteiger partial charge < -0.3 is 31.3 Å². The molecule has 1 aliphatic rings. The van der Waals surface area contributed by atoms with Crippen LogP contribution in [0.25, 0.3) is 0 Å². The van der Waals surface area contributed by atoms with Crippen molar-refractivity contribution in [1.82, 2.24) is 26.6 Å². The predicted molar refractivity (Wildman–Crippen MR) is 171 cm³/mol. The summed E-state index contributed by atoms with van der Waals surface area (Å²) in [6, 6.07) is 4.49. The summed E-state index contributed by atoms with van der Waals surface area (Å²) < 4.78 is 59.0. The number of hydrogen-bond acceptors (Lipinski definition) is 6. The van der Waals surface area contributed by atoms with E-state index in [0.717, 1.165) is 19.2 Å². The Morgan fingerprint density at radius 2 is 1.71 bits per heavy atom. The number of amides is 5. The highest BCUT2D eigenvalue weighted by atomic mass is 19.4. The molecule has 0 unspecified atom stereocenters. The number of esters is 1. The highest BCUT2D eigenvalue weighted by Gasteiger charge is 2.33. The van der Waals surface area contributed by atoms with E-state index in [1.807, 2.05) is 0 Å². The summed E-state index contributed by atoms with van der Waals surface area (Å²) in [7, 11) is 1.14. The molecule has 4 atom stereocenters. The summed E-state index contributed by atoms with van der Waals surface area (Å²) in [5.41, 5.74) is -0.351. The summed E-state index contributed by atoms with van der Waals surface area (Å²) in [5.74, 6) is -3.52. The van der Waals surface area contributed by atoms with Crippen molar-refractivity contribution in [3.8, 4) is 0 Å². The van der Waals surface area contributed by atoms with Gasteiger partial charge in [-0.2, -0.15) is 13.2 Å². The van der Waals surface area contributed by atoms with Crippen LogP contribution in [0.2, 0.25) is 0 Å². The number of alkyl halides is 3. The van der Waals surface area contributed by atoms with Gasteiger partial charge in [0.2, 0.25) is 17.7 Å². The lowest BCUT2D eigenvalue weighted by Gasteiger charge is -2.26. The van der Waals surface area contributed by atoms with Gasteiger partial charge in [0.05, 0.1) is 18.7 Å². The highest BCUT2D eigenvalue weighted by Crippen LogP contribution is 2.29. The van der Waals surface area contributed by atoms with Crippen LogP contribution in [-0.4, -0.2) is 67.5 Å². The van der Waals surface area contributed by atoms with Gasteiger partial charge >= 0.3 is 18.2 Å². The van der Waals surface area contributed by atoms with E-state index in [4.69, 9.17) is 4.74 Å². The maximum Gasteiger partial charge on any atom is 0.416 e. The second-order valence-electron chi connectivity index (χ2n) is 12.0. The molecule has 1 aliphatic heterocycles. The molecule has 11 nitrogen and oxygen atoms in total. The zero-order valence-electron chi connectivity index (χ0n) is 27.4. The molecule has 15 heteroatoms. The minimum atomic E-state index is -4.66. The Morgan fingerprint density at radius 1 is 1.00 bits per heavy atom. The summed E-state index contributed by atoms with van der Waals surface area (Å²) in [6.07, 6.45) is -1.26. The third-order valence-electron chi connectivity index (χ3n) is 7.73. The molecule has 266 valence electrons. The number of carbonyl (C=O) groups is 5. The van der Waals surface area contributed by atoms with Gasteiger partial charge in [0, 0.05) is 19.0 Å². The average molecular weight is 692 g/mol. The predicted octanol–water partition coefficient (Wildman–Crippen LogP) is 3.32. The van der Waals surface area contributed by atoms with Crippen molar-refractivity contribution in [2.75, 3.05) is 13.7 Å². The van der Waals surface area contributed by atoms with Gasteiger partial charge in [0.15, 0.2) is 0 Å². The molecule has 0 fully saturated rings. The fraction of sp³-hybridized carbons (Fsp3) is 0.441. The Kier molecular flexibility index (Phi) is 14.1. The standard InChI is InChI=1S/C34H41F4N5O6/c1-20(2)29(32(47)49-3)43-33(48)42-27(19-21-8-6-10-23(16-21)34(36,37)38)31(46)41-26-12-4-5-15-39-28(44)14-13-25(40-30(26)45)18-22-9-7-11-24(35)17-22/h6-11,13-14,16-17,20,25-27,29H,4-5,12,15,18-19H2,1-3H3,(H,39,44)(H,40,45)(H,41,46)(H2,42,43,48)/b14-13-/t25-,26+,27+,29+/m1/s1. The second-order valence-corrected chi connectivity index (χ2v) is 12.0. The first-order valence-corrected chi connectivity index (χ1v) is 15.8. The first kappa shape index (κ1) is 38.5. The topological polar surface area (TPSA) is 155 Å². The van der Waals surface area contributed by atoms with Crippen LogP contribution in [0.5, 0.6) is 0 Å². The quantitative estimate of drug-likeness (QED) is 0.190. The maximum absolute atomic E-state index is 13.9. The molecule has 5 N–H and O–H groups in total. The molecule has 2 aromatic carbocycles. The van der Waals surface area contributed by atoms with Crippen molar-refractivity contribution in [2.45, 2.75) is 76.3 Å². The Balaban J connectivity index is 1.88. The largest absolute Gasteiger partial charge is 0.467 e. The average Bonchev–Trinajstić information content (AvgIpc) is 3.03. The Morgan fingerprint density at radius 3 is 2.39 bits per heavy atom. The van der Waals surface area contributed by atoms with Gasteiger partial charge in [0.25, 0.3) is 0 Å². The molecule has 49 heavy (non-hydrogen) atoms. The number of ether oxygens (including phenoxy) is 1. The van der Waals surface area contributed by atoms with E-state index in [2.05, 4.69) is 26.6 Å². The molecule has 3 rings (SSSR count). The van der Waals surface area contributed by atoms with Crippen molar-refractivity contribution in [3.05, 3.63) is 83.2 Å². The van der Waals surface area contributed by atoms with Crippen LogP contribution in [0.15, 0.2) is 60.7 Å². The number of benzene rings is 2. The number of rotatable bonds is 10. The number of halogens is 4. The van der Waals surface area contributed by atoms with Gasteiger partial charge in [-0.15, -0.1) is 0 Å². The molecule has 0 radical (unpaired) electrons. The maximum atomic E-state index is 13.9. The van der Waals surface area contributed by atoms with E-state index in [0.29, 0.717) is 18.4 Å².